The van der Waals surface area contributed by atoms with E-state index in [1.165, 1.54) is 12.3 Å². The fraction of sp³-hybridized carbons (Fsp3) is 0.0870. The Balaban J connectivity index is 1.48. The zero-order valence-corrected chi connectivity index (χ0v) is 16.4. The first-order valence-electron chi connectivity index (χ1n) is 9.76. The van der Waals surface area contributed by atoms with Crippen LogP contribution in [0.5, 0.6) is 0 Å². The quantitative estimate of drug-likeness (QED) is 0.519. The Morgan fingerprint density at radius 3 is 2.61 bits per heavy atom. The second kappa shape index (κ2) is 7.91. The van der Waals surface area contributed by atoms with Gasteiger partial charge in [0.05, 0.1) is 12.2 Å². The lowest BCUT2D eigenvalue weighted by Gasteiger charge is -2.19. The zero-order valence-electron chi connectivity index (χ0n) is 16.4. The molecular weight excluding hydrogens is 395 g/mol. The Morgan fingerprint density at radius 2 is 1.87 bits per heavy atom. The summed E-state index contributed by atoms with van der Waals surface area (Å²) >= 11 is 0. The van der Waals surface area contributed by atoms with E-state index in [4.69, 9.17) is 10.3 Å². The molecule has 3 N–H and O–H groups in total. The molecule has 0 saturated heterocycles. The second-order valence-corrected chi connectivity index (χ2v) is 7.10. The van der Waals surface area contributed by atoms with Crippen LogP contribution >= 0.6 is 0 Å². The van der Waals surface area contributed by atoms with Gasteiger partial charge >= 0.3 is 0 Å². The van der Waals surface area contributed by atoms with E-state index in [0.717, 1.165) is 11.1 Å². The third kappa shape index (κ3) is 3.71. The highest BCUT2D eigenvalue weighted by molar-refractivity contribution is 6.22. The molecule has 1 aliphatic rings. The SMILES string of the molecule is NC1=NC(c2cc(-c3ccon3)n(Cc3ccccc3F)n2)NC=C1c1ccccc1. The van der Waals surface area contributed by atoms with E-state index in [2.05, 4.69) is 20.6 Å². The standard InChI is InChI=1S/C23H19FN6O/c24-18-9-5-4-8-16(18)14-30-21(19-10-11-31-29-19)12-20(28-30)23-26-13-17(22(25)27-23)15-6-2-1-3-7-15/h1-13,23,26H,14H2,(H2,25,27). The molecule has 1 aliphatic heterocycles. The van der Waals surface area contributed by atoms with Gasteiger partial charge in [-0.3, -0.25) is 4.68 Å². The smallest absolute Gasteiger partial charge is 0.165 e. The number of hydrogen-bond acceptors (Lipinski definition) is 6. The maximum Gasteiger partial charge on any atom is 0.165 e. The highest BCUT2D eigenvalue weighted by Gasteiger charge is 2.23. The molecule has 0 aliphatic carbocycles. The minimum Gasteiger partial charge on any atom is -0.383 e. The number of hydrogen-bond donors (Lipinski definition) is 2. The van der Waals surface area contributed by atoms with Gasteiger partial charge in [-0.15, -0.1) is 0 Å². The van der Waals surface area contributed by atoms with Gasteiger partial charge in [-0.05, 0) is 17.7 Å². The van der Waals surface area contributed by atoms with Gasteiger partial charge in [-0.1, -0.05) is 53.7 Å². The summed E-state index contributed by atoms with van der Waals surface area (Å²) in [6.45, 7) is 0.242. The maximum atomic E-state index is 14.2. The van der Waals surface area contributed by atoms with E-state index in [1.54, 1.807) is 28.9 Å². The van der Waals surface area contributed by atoms with Crippen LogP contribution in [0, 0.1) is 5.82 Å². The number of halogens is 1. The summed E-state index contributed by atoms with van der Waals surface area (Å²) in [6.07, 6.45) is 2.85. The maximum absolute atomic E-state index is 14.2. The third-order valence-electron chi connectivity index (χ3n) is 5.07. The Labute approximate surface area is 177 Å². The van der Waals surface area contributed by atoms with E-state index >= 15 is 0 Å². The number of aliphatic imine (C=N–C) groups is 1. The molecule has 8 heteroatoms. The van der Waals surface area contributed by atoms with Crippen molar-refractivity contribution in [3.05, 3.63) is 102 Å². The van der Waals surface area contributed by atoms with E-state index in [1.807, 2.05) is 42.6 Å². The van der Waals surface area contributed by atoms with Crippen molar-refractivity contribution in [2.45, 2.75) is 12.7 Å². The number of amidine groups is 1. The molecule has 31 heavy (non-hydrogen) atoms. The van der Waals surface area contributed by atoms with Crippen molar-refractivity contribution in [1.29, 1.82) is 0 Å². The number of nitrogens with two attached hydrogens (primary N) is 1. The van der Waals surface area contributed by atoms with Crippen molar-refractivity contribution in [2.24, 2.45) is 10.7 Å². The van der Waals surface area contributed by atoms with Crippen molar-refractivity contribution in [3.8, 4) is 11.4 Å². The summed E-state index contributed by atoms with van der Waals surface area (Å²) < 4.78 is 20.9. The van der Waals surface area contributed by atoms with Crippen LogP contribution in [0.15, 0.2) is 88.7 Å². The first-order valence-corrected chi connectivity index (χ1v) is 9.76. The van der Waals surface area contributed by atoms with Crippen LogP contribution in [0.2, 0.25) is 0 Å². The van der Waals surface area contributed by atoms with Crippen molar-refractivity contribution < 1.29 is 8.91 Å². The summed E-state index contributed by atoms with van der Waals surface area (Å²) in [6, 6.07) is 20.0. The molecule has 154 valence electrons. The van der Waals surface area contributed by atoms with Crippen LogP contribution in [0.3, 0.4) is 0 Å². The van der Waals surface area contributed by atoms with Crippen LogP contribution in [-0.2, 0) is 6.54 Å². The monoisotopic (exact) mass is 414 g/mol. The lowest BCUT2D eigenvalue weighted by atomic mass is 10.1. The summed E-state index contributed by atoms with van der Waals surface area (Å²) in [5, 5.41) is 11.9. The molecule has 3 heterocycles. The minimum absolute atomic E-state index is 0.242. The van der Waals surface area contributed by atoms with Gasteiger partial charge in [-0.25, -0.2) is 9.38 Å². The average Bonchev–Trinajstić information content (AvgIpc) is 3.46. The number of aromatic nitrogens is 3. The topological polar surface area (TPSA) is 94.3 Å². The molecule has 4 aromatic rings. The Morgan fingerprint density at radius 1 is 1.06 bits per heavy atom. The molecule has 0 radical (unpaired) electrons. The Bertz CT molecular complexity index is 1260. The van der Waals surface area contributed by atoms with E-state index < -0.39 is 6.17 Å². The minimum atomic E-state index is -0.472. The van der Waals surface area contributed by atoms with Crippen LogP contribution in [-0.4, -0.2) is 20.8 Å². The van der Waals surface area contributed by atoms with Crippen molar-refractivity contribution in [2.75, 3.05) is 0 Å². The molecule has 2 aromatic heterocycles. The van der Waals surface area contributed by atoms with Gasteiger partial charge in [0, 0.05) is 23.4 Å². The summed E-state index contributed by atoms with van der Waals surface area (Å²) in [5.74, 6) is 0.126. The first kappa shape index (κ1) is 18.8. The molecule has 7 nitrogen and oxygen atoms in total. The molecule has 0 saturated carbocycles. The van der Waals surface area contributed by atoms with Gasteiger partial charge < -0.3 is 15.6 Å². The van der Waals surface area contributed by atoms with Crippen LogP contribution in [0.25, 0.3) is 17.0 Å². The molecule has 0 spiro atoms. The largest absolute Gasteiger partial charge is 0.383 e. The molecule has 5 rings (SSSR count). The summed E-state index contributed by atoms with van der Waals surface area (Å²) in [4.78, 5) is 4.59. The molecule has 0 bridgehead atoms. The third-order valence-corrected chi connectivity index (χ3v) is 5.07. The molecule has 0 amide bonds. The van der Waals surface area contributed by atoms with Crippen molar-refractivity contribution in [1.82, 2.24) is 20.3 Å². The highest BCUT2D eigenvalue weighted by atomic mass is 19.1. The van der Waals surface area contributed by atoms with Crippen LogP contribution in [0.4, 0.5) is 4.39 Å². The Kier molecular flexibility index (Phi) is 4.80. The molecule has 0 fully saturated rings. The number of nitrogens with zero attached hydrogens (tertiary/aromatic N) is 4. The highest BCUT2D eigenvalue weighted by Crippen LogP contribution is 2.27. The summed E-state index contributed by atoms with van der Waals surface area (Å²) in [7, 11) is 0. The van der Waals surface area contributed by atoms with Crippen LogP contribution in [0.1, 0.15) is 23.0 Å². The molecular formula is C23H19FN6O. The van der Waals surface area contributed by atoms with Crippen LogP contribution < -0.4 is 11.1 Å². The average molecular weight is 414 g/mol. The first-order chi connectivity index (χ1) is 15.2. The Hall–Kier alpha value is -4.20. The molecule has 1 atom stereocenters. The van der Waals surface area contributed by atoms with Gasteiger partial charge in [0.1, 0.15) is 29.3 Å². The van der Waals surface area contributed by atoms with E-state index in [-0.39, 0.29) is 12.4 Å². The second-order valence-electron chi connectivity index (χ2n) is 7.10. The van der Waals surface area contributed by atoms with Gasteiger partial charge in [0.25, 0.3) is 0 Å². The predicted octanol–water partition coefficient (Wildman–Crippen LogP) is 3.73. The zero-order chi connectivity index (χ0) is 21.2. The van der Waals surface area contributed by atoms with Gasteiger partial charge in [0.15, 0.2) is 6.17 Å². The number of rotatable bonds is 5. The van der Waals surface area contributed by atoms with Crippen molar-refractivity contribution in [3.63, 3.8) is 0 Å². The van der Waals surface area contributed by atoms with Crippen molar-refractivity contribution >= 4 is 11.4 Å². The number of nitrogens with one attached hydrogen (secondary N) is 1. The van der Waals surface area contributed by atoms with Gasteiger partial charge in [-0.2, -0.15) is 5.10 Å². The lowest BCUT2D eigenvalue weighted by molar-refractivity contribution is 0.421. The fourth-order valence-corrected chi connectivity index (χ4v) is 3.51. The number of benzene rings is 2. The molecule has 2 aromatic carbocycles. The predicted molar refractivity (Wildman–Crippen MR) is 115 cm³/mol. The normalized spacial score (nSPS) is 15.8. The fourth-order valence-electron chi connectivity index (χ4n) is 3.51. The van der Waals surface area contributed by atoms with E-state index in [9.17, 15) is 4.39 Å². The summed E-state index contributed by atoms with van der Waals surface area (Å²) in [5.41, 5.74) is 10.5. The van der Waals surface area contributed by atoms with Gasteiger partial charge in [0.2, 0.25) is 0 Å². The molecule has 1 unspecified atom stereocenters. The lowest BCUT2D eigenvalue weighted by Crippen LogP contribution is -2.27. The van der Waals surface area contributed by atoms with E-state index in [0.29, 0.717) is 28.5 Å².